The monoisotopic (exact) mass is 325 g/mol. The summed E-state index contributed by atoms with van der Waals surface area (Å²) in [6.07, 6.45) is -0.519. The summed E-state index contributed by atoms with van der Waals surface area (Å²) in [4.78, 5) is 16.6. The first-order chi connectivity index (χ1) is 11.5. The molecule has 122 valence electrons. The molecule has 4 nitrogen and oxygen atoms in total. The SMILES string of the molecule is Cc1oc(-c2ccccc2)nc1C(=O)OC(C)c1ccc(F)cc1. The van der Waals surface area contributed by atoms with Crippen LogP contribution in [-0.2, 0) is 4.74 Å². The van der Waals surface area contributed by atoms with E-state index in [0.29, 0.717) is 17.2 Å². The number of rotatable bonds is 4. The first-order valence-corrected chi connectivity index (χ1v) is 7.54. The van der Waals surface area contributed by atoms with Crippen molar-refractivity contribution in [3.63, 3.8) is 0 Å². The Morgan fingerprint density at radius 2 is 1.79 bits per heavy atom. The molecule has 0 amide bonds. The summed E-state index contributed by atoms with van der Waals surface area (Å²) in [5.74, 6) is -0.146. The molecule has 0 bridgehead atoms. The lowest BCUT2D eigenvalue weighted by Crippen LogP contribution is -2.10. The van der Waals surface area contributed by atoms with Gasteiger partial charge in [0.15, 0.2) is 5.69 Å². The molecule has 0 aliphatic rings. The summed E-state index contributed by atoms with van der Waals surface area (Å²) in [6, 6.07) is 15.1. The second-order valence-corrected chi connectivity index (χ2v) is 5.39. The number of hydrogen-bond acceptors (Lipinski definition) is 4. The number of benzene rings is 2. The van der Waals surface area contributed by atoms with E-state index in [2.05, 4.69) is 4.98 Å². The van der Waals surface area contributed by atoms with Crippen molar-refractivity contribution < 1.29 is 18.3 Å². The fraction of sp³-hybridized carbons (Fsp3) is 0.158. The molecule has 24 heavy (non-hydrogen) atoms. The van der Waals surface area contributed by atoms with Gasteiger partial charge in [0.05, 0.1) is 0 Å². The van der Waals surface area contributed by atoms with Crippen LogP contribution in [0.4, 0.5) is 4.39 Å². The van der Waals surface area contributed by atoms with Crippen molar-refractivity contribution in [2.24, 2.45) is 0 Å². The van der Waals surface area contributed by atoms with E-state index in [4.69, 9.17) is 9.15 Å². The van der Waals surface area contributed by atoms with Gasteiger partial charge in [0.1, 0.15) is 17.7 Å². The third-order valence-electron chi connectivity index (χ3n) is 3.63. The van der Waals surface area contributed by atoms with Crippen LogP contribution in [0.3, 0.4) is 0 Å². The molecule has 3 rings (SSSR count). The fourth-order valence-electron chi connectivity index (χ4n) is 2.31. The van der Waals surface area contributed by atoms with E-state index in [-0.39, 0.29) is 11.5 Å². The number of carbonyl (C=O) groups excluding carboxylic acids is 1. The van der Waals surface area contributed by atoms with Crippen LogP contribution >= 0.6 is 0 Å². The molecular weight excluding hydrogens is 309 g/mol. The van der Waals surface area contributed by atoms with Crippen molar-refractivity contribution >= 4 is 5.97 Å². The van der Waals surface area contributed by atoms with Crippen molar-refractivity contribution in [2.45, 2.75) is 20.0 Å². The Bertz CT molecular complexity index is 841. The van der Waals surface area contributed by atoms with Gasteiger partial charge in [-0.05, 0) is 43.7 Å². The standard InChI is InChI=1S/C19H16FNO3/c1-12(14-8-10-16(20)11-9-14)24-19(22)17-13(2)23-18(21-17)15-6-4-3-5-7-15/h3-12H,1-2H3. The van der Waals surface area contributed by atoms with Gasteiger partial charge in [-0.3, -0.25) is 0 Å². The van der Waals surface area contributed by atoms with Crippen molar-refractivity contribution in [3.8, 4) is 11.5 Å². The largest absolute Gasteiger partial charge is 0.453 e. The topological polar surface area (TPSA) is 52.3 Å². The summed E-state index contributed by atoms with van der Waals surface area (Å²) in [5, 5.41) is 0. The molecular formula is C19H16FNO3. The molecule has 5 heteroatoms. The van der Waals surface area contributed by atoms with Crippen LogP contribution in [0.25, 0.3) is 11.5 Å². The Kier molecular flexibility index (Phi) is 4.42. The van der Waals surface area contributed by atoms with Crippen LogP contribution in [0.5, 0.6) is 0 Å². The lowest BCUT2D eigenvalue weighted by Gasteiger charge is -2.12. The minimum Gasteiger partial charge on any atom is -0.453 e. The van der Waals surface area contributed by atoms with E-state index in [0.717, 1.165) is 5.56 Å². The van der Waals surface area contributed by atoms with Gasteiger partial charge in [-0.1, -0.05) is 30.3 Å². The van der Waals surface area contributed by atoms with Gasteiger partial charge in [0, 0.05) is 5.56 Å². The zero-order valence-electron chi connectivity index (χ0n) is 13.3. The summed E-state index contributed by atoms with van der Waals surface area (Å²) in [6.45, 7) is 3.39. The molecule has 0 saturated heterocycles. The van der Waals surface area contributed by atoms with Gasteiger partial charge in [0.2, 0.25) is 5.89 Å². The number of nitrogens with zero attached hydrogens (tertiary/aromatic N) is 1. The summed E-state index contributed by atoms with van der Waals surface area (Å²) in [5.41, 5.74) is 1.63. The Morgan fingerprint density at radius 1 is 1.12 bits per heavy atom. The van der Waals surface area contributed by atoms with Gasteiger partial charge < -0.3 is 9.15 Å². The van der Waals surface area contributed by atoms with E-state index in [1.807, 2.05) is 30.3 Å². The van der Waals surface area contributed by atoms with Gasteiger partial charge >= 0.3 is 5.97 Å². The minimum absolute atomic E-state index is 0.141. The normalized spacial score (nSPS) is 12.0. The smallest absolute Gasteiger partial charge is 0.361 e. The van der Waals surface area contributed by atoms with Crippen molar-refractivity contribution in [1.29, 1.82) is 0 Å². The molecule has 1 heterocycles. The van der Waals surface area contributed by atoms with E-state index in [1.165, 1.54) is 12.1 Å². The van der Waals surface area contributed by atoms with Crippen LogP contribution in [0.1, 0.15) is 34.8 Å². The first kappa shape index (κ1) is 15.9. The van der Waals surface area contributed by atoms with Crippen molar-refractivity contribution in [2.75, 3.05) is 0 Å². The van der Waals surface area contributed by atoms with Crippen LogP contribution in [0, 0.1) is 12.7 Å². The lowest BCUT2D eigenvalue weighted by molar-refractivity contribution is 0.0329. The second kappa shape index (κ2) is 6.66. The number of ether oxygens (including phenoxy) is 1. The van der Waals surface area contributed by atoms with Crippen molar-refractivity contribution in [3.05, 3.63) is 77.4 Å². The number of aryl methyl sites for hydroxylation is 1. The maximum atomic E-state index is 13.0. The highest BCUT2D eigenvalue weighted by atomic mass is 19.1. The highest BCUT2D eigenvalue weighted by Gasteiger charge is 2.22. The highest BCUT2D eigenvalue weighted by molar-refractivity contribution is 5.89. The van der Waals surface area contributed by atoms with Gasteiger partial charge in [-0.15, -0.1) is 0 Å². The summed E-state index contributed by atoms with van der Waals surface area (Å²) >= 11 is 0. The van der Waals surface area contributed by atoms with Gasteiger partial charge in [0.25, 0.3) is 0 Å². The quantitative estimate of drug-likeness (QED) is 0.652. The van der Waals surface area contributed by atoms with Crippen LogP contribution in [0.2, 0.25) is 0 Å². The van der Waals surface area contributed by atoms with Crippen LogP contribution in [0.15, 0.2) is 59.0 Å². The predicted molar refractivity (Wildman–Crippen MR) is 86.9 cm³/mol. The maximum absolute atomic E-state index is 13.0. The zero-order valence-corrected chi connectivity index (χ0v) is 13.3. The molecule has 3 aromatic rings. The number of carbonyl (C=O) groups is 1. The molecule has 0 N–H and O–H groups in total. The average molecular weight is 325 g/mol. The van der Waals surface area contributed by atoms with Crippen molar-refractivity contribution in [1.82, 2.24) is 4.98 Å². The Hall–Kier alpha value is -2.95. The summed E-state index contributed by atoms with van der Waals surface area (Å²) < 4.78 is 23.9. The number of esters is 1. The minimum atomic E-state index is -0.574. The van der Waals surface area contributed by atoms with E-state index < -0.39 is 12.1 Å². The predicted octanol–water partition coefficient (Wildman–Crippen LogP) is 4.71. The molecule has 2 aromatic carbocycles. The van der Waals surface area contributed by atoms with E-state index in [1.54, 1.807) is 26.0 Å². The Labute approximate surface area is 138 Å². The van der Waals surface area contributed by atoms with Crippen LogP contribution in [-0.4, -0.2) is 11.0 Å². The molecule has 0 saturated carbocycles. The lowest BCUT2D eigenvalue weighted by atomic mass is 10.1. The Balaban J connectivity index is 1.78. The fourth-order valence-corrected chi connectivity index (χ4v) is 2.31. The van der Waals surface area contributed by atoms with E-state index >= 15 is 0 Å². The molecule has 1 aromatic heterocycles. The second-order valence-electron chi connectivity index (χ2n) is 5.39. The Morgan fingerprint density at radius 3 is 2.46 bits per heavy atom. The number of hydrogen-bond donors (Lipinski definition) is 0. The summed E-state index contributed by atoms with van der Waals surface area (Å²) in [7, 11) is 0. The van der Waals surface area contributed by atoms with Crippen LogP contribution < -0.4 is 0 Å². The number of oxazole rings is 1. The van der Waals surface area contributed by atoms with Gasteiger partial charge in [-0.2, -0.15) is 0 Å². The first-order valence-electron chi connectivity index (χ1n) is 7.54. The number of aromatic nitrogens is 1. The third kappa shape index (κ3) is 3.35. The molecule has 0 aliphatic carbocycles. The highest BCUT2D eigenvalue weighted by Crippen LogP contribution is 2.24. The molecule has 0 aliphatic heterocycles. The average Bonchev–Trinajstić information content (AvgIpc) is 2.98. The molecule has 0 fully saturated rings. The molecule has 1 unspecified atom stereocenters. The zero-order chi connectivity index (χ0) is 17.1. The maximum Gasteiger partial charge on any atom is 0.361 e. The molecule has 0 radical (unpaired) electrons. The molecule has 0 spiro atoms. The number of halogens is 1. The van der Waals surface area contributed by atoms with Gasteiger partial charge in [-0.25, -0.2) is 14.2 Å². The third-order valence-corrected chi connectivity index (χ3v) is 3.63. The van der Waals surface area contributed by atoms with E-state index in [9.17, 15) is 9.18 Å². The molecule has 1 atom stereocenters.